The van der Waals surface area contributed by atoms with Crippen molar-refractivity contribution in [1.29, 1.82) is 0 Å². The lowest BCUT2D eigenvalue weighted by Gasteiger charge is -2.02. The Morgan fingerprint density at radius 2 is 1.96 bits per heavy atom. The molecule has 2 aromatic carbocycles. The third-order valence-corrected chi connectivity index (χ3v) is 4.56. The van der Waals surface area contributed by atoms with Crippen LogP contribution in [0.5, 0.6) is 0 Å². The van der Waals surface area contributed by atoms with Crippen LogP contribution >= 0.6 is 15.9 Å². The maximum absolute atomic E-state index is 13.2. The Kier molecular flexibility index (Phi) is 5.89. The predicted octanol–water partition coefficient (Wildman–Crippen LogP) is 3.92. The molecule has 0 radical (unpaired) electrons. The van der Waals surface area contributed by atoms with Gasteiger partial charge in [-0.1, -0.05) is 22.0 Å². The predicted molar refractivity (Wildman–Crippen MR) is 108 cm³/mol. The number of methoxy groups -OCH3 is 1. The summed E-state index contributed by atoms with van der Waals surface area (Å²) in [5.74, 6) is -0.908. The SMILES string of the molecule is COC(=O)Cc1[nH]n(-c2ccc(F)cc2)c(=O)c1C(C)=Nc1cccc(Br)c1. The molecule has 0 unspecified atom stereocenters. The van der Waals surface area contributed by atoms with Crippen LogP contribution in [0.4, 0.5) is 10.1 Å². The average Bonchev–Trinajstić information content (AvgIpc) is 2.98. The maximum atomic E-state index is 13.2. The number of aliphatic imine (C=N–C) groups is 1. The average molecular weight is 446 g/mol. The van der Waals surface area contributed by atoms with E-state index in [1.54, 1.807) is 13.0 Å². The zero-order valence-electron chi connectivity index (χ0n) is 15.2. The van der Waals surface area contributed by atoms with Crippen molar-refractivity contribution in [1.82, 2.24) is 9.78 Å². The van der Waals surface area contributed by atoms with Crippen LogP contribution in [0.3, 0.4) is 0 Å². The first-order valence-electron chi connectivity index (χ1n) is 8.37. The number of rotatable bonds is 5. The topological polar surface area (TPSA) is 76.5 Å². The molecule has 0 aliphatic rings. The smallest absolute Gasteiger partial charge is 0.311 e. The lowest BCUT2D eigenvalue weighted by atomic mass is 10.1. The van der Waals surface area contributed by atoms with Gasteiger partial charge in [0.25, 0.3) is 5.56 Å². The second-order valence-corrected chi connectivity index (χ2v) is 6.93. The summed E-state index contributed by atoms with van der Waals surface area (Å²) in [6.45, 7) is 1.70. The van der Waals surface area contributed by atoms with Gasteiger partial charge in [-0.3, -0.25) is 19.7 Å². The standard InChI is InChI=1S/C20H17BrFN3O3/c1-12(23-15-5-3-4-13(21)10-15)19-17(11-18(26)28-2)24-25(20(19)27)16-8-6-14(22)7-9-16/h3-10,24H,11H2,1-2H3. The number of hydrogen-bond donors (Lipinski definition) is 1. The molecule has 0 fully saturated rings. The summed E-state index contributed by atoms with van der Waals surface area (Å²) < 4.78 is 20.1. The van der Waals surface area contributed by atoms with E-state index in [0.29, 0.717) is 22.8 Å². The van der Waals surface area contributed by atoms with Gasteiger partial charge in [0.15, 0.2) is 0 Å². The summed E-state index contributed by atoms with van der Waals surface area (Å²) in [7, 11) is 1.28. The lowest BCUT2D eigenvalue weighted by Crippen LogP contribution is -2.20. The van der Waals surface area contributed by atoms with Gasteiger partial charge < -0.3 is 4.74 Å². The van der Waals surface area contributed by atoms with Crippen LogP contribution < -0.4 is 5.56 Å². The van der Waals surface area contributed by atoms with Crippen molar-refractivity contribution in [2.45, 2.75) is 13.3 Å². The van der Waals surface area contributed by atoms with Gasteiger partial charge in [0, 0.05) is 4.47 Å². The summed E-state index contributed by atoms with van der Waals surface area (Å²) in [6.07, 6.45) is -0.124. The van der Waals surface area contributed by atoms with Crippen LogP contribution in [0, 0.1) is 5.82 Å². The summed E-state index contributed by atoms with van der Waals surface area (Å²) in [5.41, 5.74) is 1.80. The number of carbonyl (C=O) groups excluding carboxylic acids is 1. The molecule has 6 nitrogen and oxygen atoms in total. The molecule has 144 valence electrons. The molecule has 1 heterocycles. The molecule has 3 rings (SSSR count). The molecule has 1 aromatic heterocycles. The minimum Gasteiger partial charge on any atom is -0.469 e. The number of esters is 1. The first-order valence-corrected chi connectivity index (χ1v) is 9.16. The van der Waals surface area contributed by atoms with Gasteiger partial charge in [0.05, 0.1) is 41.9 Å². The quantitative estimate of drug-likeness (QED) is 0.477. The van der Waals surface area contributed by atoms with Gasteiger partial charge in [-0.05, 0) is 49.4 Å². The highest BCUT2D eigenvalue weighted by Crippen LogP contribution is 2.20. The highest BCUT2D eigenvalue weighted by atomic mass is 79.9. The maximum Gasteiger partial charge on any atom is 0.311 e. The van der Waals surface area contributed by atoms with Crippen LogP contribution in [-0.4, -0.2) is 28.6 Å². The summed E-state index contributed by atoms with van der Waals surface area (Å²) in [5, 5.41) is 2.92. The molecule has 8 heteroatoms. The van der Waals surface area contributed by atoms with E-state index in [-0.39, 0.29) is 17.5 Å². The third-order valence-electron chi connectivity index (χ3n) is 4.07. The Hall–Kier alpha value is -3.00. The summed E-state index contributed by atoms with van der Waals surface area (Å²) >= 11 is 3.39. The van der Waals surface area contributed by atoms with E-state index in [1.807, 2.05) is 18.2 Å². The minimum atomic E-state index is -0.496. The number of aromatic nitrogens is 2. The van der Waals surface area contributed by atoms with Crippen molar-refractivity contribution in [3.8, 4) is 5.69 Å². The number of aromatic amines is 1. The molecular formula is C20H17BrFN3O3. The van der Waals surface area contributed by atoms with E-state index >= 15 is 0 Å². The van der Waals surface area contributed by atoms with Crippen LogP contribution in [0.1, 0.15) is 18.2 Å². The van der Waals surface area contributed by atoms with Crippen molar-refractivity contribution in [3.05, 3.63) is 80.4 Å². The highest BCUT2D eigenvalue weighted by Gasteiger charge is 2.20. The van der Waals surface area contributed by atoms with Gasteiger partial charge in [-0.2, -0.15) is 0 Å². The van der Waals surface area contributed by atoms with Crippen LogP contribution in [0.15, 0.2) is 62.8 Å². The second kappa shape index (κ2) is 8.35. The number of ether oxygens (including phenoxy) is 1. The zero-order valence-corrected chi connectivity index (χ0v) is 16.8. The van der Waals surface area contributed by atoms with Crippen LogP contribution in [-0.2, 0) is 16.0 Å². The Morgan fingerprint density at radius 1 is 1.25 bits per heavy atom. The fourth-order valence-electron chi connectivity index (χ4n) is 2.77. The van der Waals surface area contributed by atoms with Crippen molar-refractivity contribution in [2.75, 3.05) is 7.11 Å². The number of carbonyl (C=O) groups is 1. The molecule has 0 bridgehead atoms. The van der Waals surface area contributed by atoms with Gasteiger partial charge in [0.1, 0.15) is 5.82 Å². The molecular weight excluding hydrogens is 429 g/mol. The van der Waals surface area contributed by atoms with E-state index in [0.717, 1.165) is 4.47 Å². The molecule has 0 spiro atoms. The molecule has 0 saturated heterocycles. The van der Waals surface area contributed by atoms with E-state index in [9.17, 15) is 14.0 Å². The summed E-state index contributed by atoms with van der Waals surface area (Å²) in [6, 6.07) is 12.8. The highest BCUT2D eigenvalue weighted by molar-refractivity contribution is 9.10. The van der Waals surface area contributed by atoms with E-state index < -0.39 is 11.8 Å². The Labute approximate surface area is 168 Å². The first kappa shape index (κ1) is 19.8. The second-order valence-electron chi connectivity index (χ2n) is 6.01. The van der Waals surface area contributed by atoms with E-state index in [1.165, 1.54) is 36.1 Å². The number of nitrogens with zero attached hydrogens (tertiary/aromatic N) is 2. The fraction of sp³-hybridized carbons (Fsp3) is 0.150. The van der Waals surface area contributed by atoms with Crippen molar-refractivity contribution < 1.29 is 13.9 Å². The molecule has 0 aliphatic carbocycles. The number of hydrogen-bond acceptors (Lipinski definition) is 4. The lowest BCUT2D eigenvalue weighted by molar-refractivity contribution is -0.139. The Bertz CT molecular complexity index is 1100. The monoisotopic (exact) mass is 445 g/mol. The van der Waals surface area contributed by atoms with Crippen molar-refractivity contribution >= 4 is 33.3 Å². The first-order chi connectivity index (χ1) is 13.4. The number of benzene rings is 2. The van der Waals surface area contributed by atoms with Crippen molar-refractivity contribution in [3.63, 3.8) is 0 Å². The Morgan fingerprint density at radius 3 is 2.61 bits per heavy atom. The van der Waals surface area contributed by atoms with Crippen LogP contribution in [0.2, 0.25) is 0 Å². The third kappa shape index (κ3) is 4.28. The molecule has 3 aromatic rings. The van der Waals surface area contributed by atoms with E-state index in [4.69, 9.17) is 4.74 Å². The normalized spacial score (nSPS) is 11.5. The number of H-pyrrole nitrogens is 1. The largest absolute Gasteiger partial charge is 0.469 e. The molecule has 28 heavy (non-hydrogen) atoms. The van der Waals surface area contributed by atoms with Gasteiger partial charge >= 0.3 is 5.97 Å². The van der Waals surface area contributed by atoms with Gasteiger partial charge in [-0.15, -0.1) is 0 Å². The fourth-order valence-corrected chi connectivity index (χ4v) is 3.15. The van der Waals surface area contributed by atoms with E-state index in [2.05, 4.69) is 26.0 Å². The number of nitrogens with one attached hydrogen (secondary N) is 1. The minimum absolute atomic E-state index is 0.124. The molecule has 0 aliphatic heterocycles. The molecule has 1 N–H and O–H groups in total. The zero-order chi connectivity index (χ0) is 20.3. The summed E-state index contributed by atoms with van der Waals surface area (Å²) in [4.78, 5) is 29.4. The number of halogens is 2. The van der Waals surface area contributed by atoms with Crippen LogP contribution in [0.25, 0.3) is 5.69 Å². The van der Waals surface area contributed by atoms with Gasteiger partial charge in [-0.25, -0.2) is 9.07 Å². The molecule has 0 saturated carbocycles. The molecule has 0 amide bonds. The van der Waals surface area contributed by atoms with Gasteiger partial charge in [0.2, 0.25) is 0 Å². The molecule has 0 atom stereocenters. The Balaban J connectivity index is 2.13. The van der Waals surface area contributed by atoms with Crippen molar-refractivity contribution in [2.24, 2.45) is 4.99 Å².